The van der Waals surface area contributed by atoms with Crippen LogP contribution in [0.3, 0.4) is 0 Å². The van der Waals surface area contributed by atoms with E-state index < -0.39 is 0 Å². The van der Waals surface area contributed by atoms with Gasteiger partial charge in [0.2, 0.25) is 0 Å². The number of piperazine rings is 1. The summed E-state index contributed by atoms with van der Waals surface area (Å²) in [5.41, 5.74) is 1.76. The molecule has 0 bridgehead atoms. The number of rotatable bonds is 3. The number of anilines is 1. The summed E-state index contributed by atoms with van der Waals surface area (Å²) in [5, 5.41) is 2.99. The van der Waals surface area contributed by atoms with Gasteiger partial charge in [0.1, 0.15) is 5.82 Å². The average Bonchev–Trinajstić information content (AvgIpc) is 3.02. The Balaban J connectivity index is 1.74. The van der Waals surface area contributed by atoms with E-state index in [2.05, 4.69) is 27.1 Å². The maximum atomic E-state index is 12.7. The zero-order valence-corrected chi connectivity index (χ0v) is 14.4. The predicted octanol–water partition coefficient (Wildman–Crippen LogP) is 2.03. The second-order valence-electron chi connectivity index (χ2n) is 6.11. The first kappa shape index (κ1) is 16.4. The van der Waals surface area contributed by atoms with Crippen LogP contribution in [0.4, 0.5) is 10.5 Å². The van der Waals surface area contributed by atoms with E-state index in [0.29, 0.717) is 13.1 Å². The van der Waals surface area contributed by atoms with Crippen LogP contribution in [0.15, 0.2) is 30.9 Å². The third-order valence-electron chi connectivity index (χ3n) is 4.60. The number of hydrogen-bond donors (Lipinski definition) is 1. The molecular formula is C17H24N6O. The first-order valence-electron chi connectivity index (χ1n) is 8.28. The zero-order chi connectivity index (χ0) is 17.1. The van der Waals surface area contributed by atoms with Gasteiger partial charge in [-0.3, -0.25) is 9.88 Å². The van der Waals surface area contributed by atoms with E-state index in [-0.39, 0.29) is 12.1 Å². The SMILES string of the molecule is CCN1CCN(C(=O)Nc2ccncc2C)C[C@H]1c1nccn1C. The fraction of sp³-hybridized carbons (Fsp3) is 0.471. The number of aromatic nitrogens is 3. The van der Waals surface area contributed by atoms with Crippen molar-refractivity contribution < 1.29 is 4.79 Å². The van der Waals surface area contributed by atoms with Crippen LogP contribution in [-0.2, 0) is 7.05 Å². The molecule has 1 aliphatic rings. The van der Waals surface area contributed by atoms with E-state index in [9.17, 15) is 4.79 Å². The Hall–Kier alpha value is -2.41. The van der Waals surface area contributed by atoms with Crippen molar-refractivity contribution in [3.05, 3.63) is 42.2 Å². The number of carbonyl (C=O) groups excluding carboxylic acids is 1. The van der Waals surface area contributed by atoms with Crippen molar-refractivity contribution in [2.24, 2.45) is 7.05 Å². The maximum absolute atomic E-state index is 12.7. The van der Waals surface area contributed by atoms with Crippen LogP contribution >= 0.6 is 0 Å². The molecule has 1 aliphatic heterocycles. The van der Waals surface area contributed by atoms with Gasteiger partial charge in [0.25, 0.3) is 0 Å². The molecule has 2 amide bonds. The van der Waals surface area contributed by atoms with Crippen molar-refractivity contribution >= 4 is 11.7 Å². The molecule has 2 aromatic heterocycles. The highest BCUT2D eigenvalue weighted by atomic mass is 16.2. The Morgan fingerprint density at radius 1 is 1.38 bits per heavy atom. The molecule has 1 fully saturated rings. The van der Waals surface area contributed by atoms with E-state index in [1.54, 1.807) is 12.4 Å². The van der Waals surface area contributed by atoms with Gasteiger partial charge in [-0.25, -0.2) is 9.78 Å². The second kappa shape index (κ2) is 7.00. The standard InChI is InChI=1S/C17H24N6O/c1-4-22-9-10-23(12-15(22)16-19-7-8-21(16)3)17(24)20-14-5-6-18-11-13(14)2/h5-8,11,15H,4,9-10,12H2,1-3H3,(H,18,20,24)/t15-/m0/s1. The van der Waals surface area contributed by atoms with Gasteiger partial charge in [-0.05, 0) is 25.1 Å². The van der Waals surface area contributed by atoms with Gasteiger partial charge in [-0.1, -0.05) is 6.92 Å². The third-order valence-corrected chi connectivity index (χ3v) is 4.60. The first-order chi connectivity index (χ1) is 11.6. The highest BCUT2D eigenvalue weighted by Gasteiger charge is 2.32. The number of imidazole rings is 1. The Morgan fingerprint density at radius 2 is 2.21 bits per heavy atom. The van der Waals surface area contributed by atoms with Crippen LogP contribution in [0.25, 0.3) is 0 Å². The van der Waals surface area contributed by atoms with E-state index in [4.69, 9.17) is 0 Å². The largest absolute Gasteiger partial charge is 0.337 e. The summed E-state index contributed by atoms with van der Waals surface area (Å²) >= 11 is 0. The molecule has 1 N–H and O–H groups in total. The number of pyridine rings is 1. The summed E-state index contributed by atoms with van der Waals surface area (Å²) in [7, 11) is 2.00. The minimum absolute atomic E-state index is 0.0701. The van der Waals surface area contributed by atoms with Crippen LogP contribution in [0, 0.1) is 6.92 Å². The Morgan fingerprint density at radius 3 is 2.88 bits per heavy atom. The van der Waals surface area contributed by atoms with E-state index >= 15 is 0 Å². The second-order valence-corrected chi connectivity index (χ2v) is 6.11. The minimum Gasteiger partial charge on any atom is -0.337 e. The number of nitrogens with one attached hydrogen (secondary N) is 1. The lowest BCUT2D eigenvalue weighted by molar-refractivity contribution is 0.0927. The van der Waals surface area contributed by atoms with Gasteiger partial charge in [-0.15, -0.1) is 0 Å². The molecule has 1 atom stereocenters. The van der Waals surface area contributed by atoms with Gasteiger partial charge in [0.05, 0.1) is 6.04 Å². The Bertz CT molecular complexity index is 713. The van der Waals surface area contributed by atoms with Crippen molar-refractivity contribution in [1.82, 2.24) is 24.3 Å². The topological polar surface area (TPSA) is 66.3 Å². The molecule has 7 heteroatoms. The molecule has 1 saturated heterocycles. The quantitative estimate of drug-likeness (QED) is 0.936. The molecule has 0 radical (unpaired) electrons. The highest BCUT2D eigenvalue weighted by molar-refractivity contribution is 5.90. The van der Waals surface area contributed by atoms with E-state index in [1.807, 2.05) is 41.9 Å². The molecule has 3 rings (SSSR count). The minimum atomic E-state index is -0.0701. The molecule has 7 nitrogen and oxygen atoms in total. The first-order valence-corrected chi connectivity index (χ1v) is 8.28. The number of carbonyl (C=O) groups is 1. The van der Waals surface area contributed by atoms with Gasteiger partial charge in [0, 0.05) is 57.2 Å². The predicted molar refractivity (Wildman–Crippen MR) is 92.8 cm³/mol. The average molecular weight is 328 g/mol. The summed E-state index contributed by atoms with van der Waals surface area (Å²) in [6.45, 7) is 7.22. The molecule has 0 spiro atoms. The lowest BCUT2D eigenvalue weighted by Crippen LogP contribution is -2.52. The van der Waals surface area contributed by atoms with Gasteiger partial charge in [0.15, 0.2) is 0 Å². The summed E-state index contributed by atoms with van der Waals surface area (Å²) in [6.07, 6.45) is 7.20. The molecule has 0 unspecified atom stereocenters. The monoisotopic (exact) mass is 328 g/mol. The van der Waals surface area contributed by atoms with E-state index in [0.717, 1.165) is 30.2 Å². The number of hydrogen-bond acceptors (Lipinski definition) is 4. The molecule has 0 aromatic carbocycles. The van der Waals surface area contributed by atoms with Crippen LogP contribution < -0.4 is 5.32 Å². The molecule has 128 valence electrons. The summed E-state index contributed by atoms with van der Waals surface area (Å²) in [5.74, 6) is 0.995. The van der Waals surface area contributed by atoms with Crippen molar-refractivity contribution in [2.75, 3.05) is 31.5 Å². The molecule has 2 aromatic rings. The Labute approximate surface area is 142 Å². The number of nitrogens with zero attached hydrogens (tertiary/aromatic N) is 5. The fourth-order valence-electron chi connectivity index (χ4n) is 3.13. The fourth-order valence-corrected chi connectivity index (χ4v) is 3.13. The highest BCUT2D eigenvalue weighted by Crippen LogP contribution is 2.24. The van der Waals surface area contributed by atoms with Gasteiger partial charge in [-0.2, -0.15) is 0 Å². The van der Waals surface area contributed by atoms with Crippen LogP contribution in [0.5, 0.6) is 0 Å². The molecule has 3 heterocycles. The zero-order valence-electron chi connectivity index (χ0n) is 14.4. The maximum Gasteiger partial charge on any atom is 0.321 e. The van der Waals surface area contributed by atoms with Crippen molar-refractivity contribution in [1.29, 1.82) is 0 Å². The molecule has 24 heavy (non-hydrogen) atoms. The van der Waals surface area contributed by atoms with Crippen LogP contribution in [0.1, 0.15) is 24.4 Å². The van der Waals surface area contributed by atoms with Crippen molar-refractivity contribution in [2.45, 2.75) is 19.9 Å². The lowest BCUT2D eigenvalue weighted by atomic mass is 10.1. The number of urea groups is 1. The van der Waals surface area contributed by atoms with Gasteiger partial charge < -0.3 is 14.8 Å². The van der Waals surface area contributed by atoms with E-state index in [1.165, 1.54) is 0 Å². The summed E-state index contributed by atoms with van der Waals surface area (Å²) in [6, 6.07) is 1.87. The van der Waals surface area contributed by atoms with Crippen molar-refractivity contribution in [3.8, 4) is 0 Å². The van der Waals surface area contributed by atoms with Gasteiger partial charge >= 0.3 is 6.03 Å². The normalized spacial score (nSPS) is 18.6. The smallest absolute Gasteiger partial charge is 0.321 e. The summed E-state index contributed by atoms with van der Waals surface area (Å²) in [4.78, 5) is 25.4. The number of likely N-dealkylation sites (N-methyl/N-ethyl adjacent to an activating group) is 1. The number of amides is 2. The molecule has 0 saturated carbocycles. The van der Waals surface area contributed by atoms with Crippen molar-refractivity contribution in [3.63, 3.8) is 0 Å². The Kier molecular flexibility index (Phi) is 4.80. The van der Waals surface area contributed by atoms with Crippen LogP contribution in [0.2, 0.25) is 0 Å². The lowest BCUT2D eigenvalue weighted by Gasteiger charge is -2.40. The summed E-state index contributed by atoms with van der Waals surface area (Å²) < 4.78 is 2.03. The molecule has 0 aliphatic carbocycles. The van der Waals surface area contributed by atoms with Crippen LogP contribution in [-0.4, -0.2) is 56.5 Å². The molecular weight excluding hydrogens is 304 g/mol. The number of aryl methyl sites for hydroxylation is 2. The third kappa shape index (κ3) is 3.26.